The predicted octanol–water partition coefficient (Wildman–Crippen LogP) is 3.84. The Morgan fingerprint density at radius 3 is 2.82 bits per heavy atom. The number of rotatable bonds is 4. The quantitative estimate of drug-likeness (QED) is 0.620. The van der Waals surface area contributed by atoms with Crippen LogP contribution in [0.1, 0.15) is 15.9 Å². The first-order chi connectivity index (χ1) is 8.31. The van der Waals surface area contributed by atoms with E-state index in [1.165, 1.54) is 11.8 Å². The van der Waals surface area contributed by atoms with Gasteiger partial charge in [0.2, 0.25) is 0 Å². The maximum absolute atomic E-state index is 10.8. The molecule has 4 heteroatoms. The largest absolute Gasteiger partial charge is 0.298 e. The average Bonchev–Trinajstić information content (AvgIpc) is 2.38. The van der Waals surface area contributed by atoms with E-state index >= 15 is 0 Å². The number of hydrogen-bond donors (Lipinski definition) is 0. The molecular weight excluding hydrogens is 254 g/mol. The molecule has 0 atom stereocenters. The van der Waals surface area contributed by atoms with Crippen molar-refractivity contribution in [3.8, 4) is 0 Å². The summed E-state index contributed by atoms with van der Waals surface area (Å²) in [6, 6.07) is 11.2. The first kappa shape index (κ1) is 12.1. The molecule has 0 bridgehead atoms. The highest BCUT2D eigenvalue weighted by Gasteiger charge is 2.05. The number of carbonyl (C=O) groups is 1. The van der Waals surface area contributed by atoms with Gasteiger partial charge in [0.25, 0.3) is 0 Å². The van der Waals surface area contributed by atoms with Crippen molar-refractivity contribution in [2.45, 2.75) is 10.8 Å². The number of nitrogens with zero attached hydrogens (tertiary/aromatic N) is 1. The molecule has 17 heavy (non-hydrogen) atoms. The molecular formula is C13H10ClNOS. The molecule has 0 saturated heterocycles. The molecule has 0 unspecified atom stereocenters. The Balaban J connectivity index is 2.13. The van der Waals surface area contributed by atoms with E-state index in [4.69, 9.17) is 11.6 Å². The third kappa shape index (κ3) is 3.08. The van der Waals surface area contributed by atoms with Gasteiger partial charge >= 0.3 is 0 Å². The summed E-state index contributed by atoms with van der Waals surface area (Å²) in [6.45, 7) is 0. The topological polar surface area (TPSA) is 30.0 Å². The minimum atomic E-state index is 0.615. The summed E-state index contributed by atoms with van der Waals surface area (Å²) in [7, 11) is 0. The Morgan fingerprint density at radius 1 is 1.24 bits per heavy atom. The van der Waals surface area contributed by atoms with Crippen LogP contribution in [-0.4, -0.2) is 11.3 Å². The molecule has 1 aromatic carbocycles. The third-order valence-electron chi connectivity index (χ3n) is 2.25. The van der Waals surface area contributed by atoms with Gasteiger partial charge in [0.05, 0.1) is 0 Å². The maximum Gasteiger partial charge on any atom is 0.152 e. The second-order valence-electron chi connectivity index (χ2n) is 3.40. The summed E-state index contributed by atoms with van der Waals surface area (Å²) >= 11 is 7.57. The van der Waals surface area contributed by atoms with Crippen molar-refractivity contribution in [2.75, 3.05) is 0 Å². The number of benzene rings is 1. The van der Waals surface area contributed by atoms with E-state index in [1.54, 1.807) is 18.3 Å². The van der Waals surface area contributed by atoms with Gasteiger partial charge in [-0.25, -0.2) is 4.98 Å². The van der Waals surface area contributed by atoms with Crippen molar-refractivity contribution in [3.63, 3.8) is 0 Å². The van der Waals surface area contributed by atoms with Crippen molar-refractivity contribution >= 4 is 29.6 Å². The van der Waals surface area contributed by atoms with Gasteiger partial charge in [-0.3, -0.25) is 4.79 Å². The fourth-order valence-electron chi connectivity index (χ4n) is 1.38. The van der Waals surface area contributed by atoms with Gasteiger partial charge < -0.3 is 0 Å². The Kier molecular flexibility index (Phi) is 4.18. The number of thioether (sulfide) groups is 1. The first-order valence-electron chi connectivity index (χ1n) is 5.07. The van der Waals surface area contributed by atoms with Crippen molar-refractivity contribution in [1.82, 2.24) is 4.98 Å². The van der Waals surface area contributed by atoms with Crippen LogP contribution in [0.4, 0.5) is 0 Å². The van der Waals surface area contributed by atoms with E-state index in [-0.39, 0.29) is 0 Å². The van der Waals surface area contributed by atoms with Crippen LogP contribution in [0.2, 0.25) is 5.02 Å². The zero-order valence-corrected chi connectivity index (χ0v) is 10.5. The van der Waals surface area contributed by atoms with Crippen molar-refractivity contribution in [3.05, 3.63) is 58.7 Å². The van der Waals surface area contributed by atoms with E-state index in [0.717, 1.165) is 21.9 Å². The zero-order chi connectivity index (χ0) is 12.1. The van der Waals surface area contributed by atoms with Gasteiger partial charge in [-0.05, 0) is 23.8 Å². The average molecular weight is 264 g/mol. The molecule has 0 spiro atoms. The highest BCUT2D eigenvalue weighted by molar-refractivity contribution is 7.98. The van der Waals surface area contributed by atoms with Gasteiger partial charge in [-0.15, -0.1) is 11.8 Å². The van der Waals surface area contributed by atoms with Crippen molar-refractivity contribution in [1.29, 1.82) is 0 Å². The molecule has 86 valence electrons. The van der Waals surface area contributed by atoms with Gasteiger partial charge in [0, 0.05) is 22.5 Å². The van der Waals surface area contributed by atoms with Gasteiger partial charge in [0.1, 0.15) is 5.03 Å². The Morgan fingerprint density at radius 2 is 2.06 bits per heavy atom. The lowest BCUT2D eigenvalue weighted by Gasteiger charge is -2.04. The number of hydrogen-bond acceptors (Lipinski definition) is 3. The van der Waals surface area contributed by atoms with Crippen LogP contribution >= 0.6 is 23.4 Å². The number of pyridine rings is 1. The number of halogens is 1. The highest BCUT2D eigenvalue weighted by atomic mass is 35.5. The van der Waals surface area contributed by atoms with Crippen LogP contribution in [0.3, 0.4) is 0 Å². The number of aldehydes is 1. The smallest absolute Gasteiger partial charge is 0.152 e. The van der Waals surface area contributed by atoms with Crippen LogP contribution in [0.25, 0.3) is 0 Å². The Hall–Kier alpha value is -1.32. The summed E-state index contributed by atoms with van der Waals surface area (Å²) in [5.74, 6) is 0.706. The molecule has 0 aliphatic carbocycles. The molecule has 0 radical (unpaired) electrons. The lowest BCUT2D eigenvalue weighted by Crippen LogP contribution is -1.90. The Bertz CT molecular complexity index is 530. The van der Waals surface area contributed by atoms with Crippen LogP contribution < -0.4 is 0 Å². The predicted molar refractivity (Wildman–Crippen MR) is 70.6 cm³/mol. The monoisotopic (exact) mass is 263 g/mol. The first-order valence-corrected chi connectivity index (χ1v) is 6.44. The SMILES string of the molecule is O=Cc1cccnc1SCc1ccccc1Cl. The molecule has 0 aliphatic rings. The van der Waals surface area contributed by atoms with Crippen LogP contribution in [0, 0.1) is 0 Å². The van der Waals surface area contributed by atoms with Gasteiger partial charge in [-0.2, -0.15) is 0 Å². The summed E-state index contributed by atoms with van der Waals surface area (Å²) < 4.78 is 0. The zero-order valence-electron chi connectivity index (χ0n) is 8.97. The summed E-state index contributed by atoms with van der Waals surface area (Å²) in [5, 5.41) is 1.48. The molecule has 2 rings (SSSR count). The van der Waals surface area contributed by atoms with Gasteiger partial charge in [-0.1, -0.05) is 29.8 Å². The maximum atomic E-state index is 10.8. The van der Waals surface area contributed by atoms with E-state index in [1.807, 2.05) is 24.3 Å². The molecule has 2 nitrogen and oxygen atoms in total. The summed E-state index contributed by atoms with van der Waals surface area (Å²) in [4.78, 5) is 15.0. The minimum Gasteiger partial charge on any atom is -0.298 e. The molecule has 1 aromatic heterocycles. The Labute approximate surface area is 109 Å². The fraction of sp³-hybridized carbons (Fsp3) is 0.0769. The van der Waals surface area contributed by atoms with E-state index in [0.29, 0.717) is 11.3 Å². The summed E-state index contributed by atoms with van der Waals surface area (Å²) in [5.41, 5.74) is 1.66. The highest BCUT2D eigenvalue weighted by Crippen LogP contribution is 2.26. The second-order valence-corrected chi connectivity index (χ2v) is 4.77. The molecule has 1 heterocycles. The molecule has 0 N–H and O–H groups in total. The van der Waals surface area contributed by atoms with Crippen molar-refractivity contribution < 1.29 is 4.79 Å². The molecule has 0 saturated carbocycles. The van der Waals surface area contributed by atoms with Crippen LogP contribution in [0.5, 0.6) is 0 Å². The van der Waals surface area contributed by atoms with E-state index < -0.39 is 0 Å². The lowest BCUT2D eigenvalue weighted by atomic mass is 10.2. The minimum absolute atomic E-state index is 0.615. The normalized spacial score (nSPS) is 10.2. The standard InChI is InChI=1S/C13H10ClNOS/c14-12-6-2-1-4-11(12)9-17-13-10(8-16)5-3-7-15-13/h1-8H,9H2. The third-order valence-corrected chi connectivity index (χ3v) is 3.69. The van der Waals surface area contributed by atoms with E-state index in [2.05, 4.69) is 4.98 Å². The molecule has 2 aromatic rings. The fourth-order valence-corrected chi connectivity index (χ4v) is 2.62. The van der Waals surface area contributed by atoms with Crippen molar-refractivity contribution in [2.24, 2.45) is 0 Å². The molecule has 0 amide bonds. The second kappa shape index (κ2) is 5.84. The summed E-state index contributed by atoms with van der Waals surface area (Å²) in [6.07, 6.45) is 2.50. The van der Waals surface area contributed by atoms with Crippen LogP contribution in [0.15, 0.2) is 47.6 Å². The van der Waals surface area contributed by atoms with Crippen LogP contribution in [-0.2, 0) is 5.75 Å². The van der Waals surface area contributed by atoms with E-state index in [9.17, 15) is 4.79 Å². The van der Waals surface area contributed by atoms with Gasteiger partial charge in [0.15, 0.2) is 6.29 Å². The molecule has 0 fully saturated rings. The molecule has 0 aliphatic heterocycles. The lowest BCUT2D eigenvalue weighted by molar-refractivity contribution is 0.112. The number of aromatic nitrogens is 1. The number of carbonyl (C=O) groups excluding carboxylic acids is 1.